The Morgan fingerprint density at radius 3 is 2.62 bits per heavy atom. The van der Waals surface area contributed by atoms with Crippen LogP contribution in [-0.2, 0) is 0 Å². The molecule has 0 saturated carbocycles. The number of rotatable bonds is 3. The molecular formula is C10H14N2O. The van der Waals surface area contributed by atoms with Gasteiger partial charge in [-0.05, 0) is 24.1 Å². The molecule has 0 bridgehead atoms. The van der Waals surface area contributed by atoms with Crippen molar-refractivity contribution in [2.24, 2.45) is 0 Å². The van der Waals surface area contributed by atoms with Crippen molar-refractivity contribution in [3.63, 3.8) is 0 Å². The standard InChI is InChI=1S/C10H14N2O/c11-9-5-4-8(7-10(9)12)3-1-2-6-13/h1,3-5,7,13H,2,6,11-12H2. The highest BCUT2D eigenvalue weighted by Gasteiger charge is 1.93. The van der Waals surface area contributed by atoms with Crippen molar-refractivity contribution >= 4 is 17.5 Å². The van der Waals surface area contributed by atoms with Gasteiger partial charge < -0.3 is 16.6 Å². The highest BCUT2D eigenvalue weighted by molar-refractivity contribution is 5.68. The predicted molar refractivity (Wildman–Crippen MR) is 56.0 cm³/mol. The molecule has 13 heavy (non-hydrogen) atoms. The average molecular weight is 178 g/mol. The summed E-state index contributed by atoms with van der Waals surface area (Å²) in [6, 6.07) is 5.47. The minimum atomic E-state index is 0.168. The Labute approximate surface area is 77.7 Å². The van der Waals surface area contributed by atoms with Gasteiger partial charge in [0.2, 0.25) is 0 Å². The maximum absolute atomic E-state index is 8.55. The highest BCUT2D eigenvalue weighted by atomic mass is 16.2. The van der Waals surface area contributed by atoms with Crippen molar-refractivity contribution in [1.29, 1.82) is 0 Å². The Balaban J connectivity index is 2.73. The van der Waals surface area contributed by atoms with E-state index in [9.17, 15) is 0 Å². The summed E-state index contributed by atoms with van der Waals surface area (Å²) in [5.74, 6) is 0. The summed E-state index contributed by atoms with van der Waals surface area (Å²) in [6.07, 6.45) is 4.46. The molecule has 0 aromatic heterocycles. The second-order valence-corrected chi connectivity index (χ2v) is 2.80. The molecule has 0 heterocycles. The Bertz CT molecular complexity index is 308. The summed E-state index contributed by atoms with van der Waals surface area (Å²) in [4.78, 5) is 0. The van der Waals surface area contributed by atoms with Crippen LogP contribution in [0.2, 0.25) is 0 Å². The summed E-state index contributed by atoms with van der Waals surface area (Å²) in [7, 11) is 0. The molecule has 5 N–H and O–H groups in total. The molecule has 0 aliphatic heterocycles. The number of hydrogen-bond acceptors (Lipinski definition) is 3. The molecule has 0 radical (unpaired) electrons. The van der Waals surface area contributed by atoms with Crippen LogP contribution in [-0.4, -0.2) is 11.7 Å². The van der Waals surface area contributed by atoms with Crippen LogP contribution >= 0.6 is 0 Å². The first-order valence-electron chi connectivity index (χ1n) is 4.16. The number of nitrogens with two attached hydrogens (primary N) is 2. The van der Waals surface area contributed by atoms with E-state index in [1.54, 1.807) is 6.07 Å². The number of aliphatic hydroxyl groups excluding tert-OH is 1. The molecule has 0 fully saturated rings. The van der Waals surface area contributed by atoms with Crippen LogP contribution in [0.4, 0.5) is 11.4 Å². The van der Waals surface area contributed by atoms with Gasteiger partial charge in [-0.1, -0.05) is 18.2 Å². The average Bonchev–Trinajstić information content (AvgIpc) is 2.12. The van der Waals surface area contributed by atoms with Crippen molar-refractivity contribution in [2.45, 2.75) is 6.42 Å². The smallest absolute Gasteiger partial charge is 0.0553 e. The Morgan fingerprint density at radius 2 is 2.00 bits per heavy atom. The van der Waals surface area contributed by atoms with E-state index in [0.717, 1.165) is 5.56 Å². The van der Waals surface area contributed by atoms with Gasteiger partial charge in [0, 0.05) is 6.61 Å². The fourth-order valence-corrected chi connectivity index (χ4v) is 0.991. The van der Waals surface area contributed by atoms with E-state index in [2.05, 4.69) is 0 Å². The molecule has 1 rings (SSSR count). The van der Waals surface area contributed by atoms with Crippen molar-refractivity contribution in [3.05, 3.63) is 29.8 Å². The van der Waals surface area contributed by atoms with Crippen molar-refractivity contribution in [2.75, 3.05) is 18.1 Å². The third-order valence-corrected chi connectivity index (χ3v) is 1.72. The maximum Gasteiger partial charge on any atom is 0.0553 e. The second kappa shape index (κ2) is 4.52. The van der Waals surface area contributed by atoms with Crippen LogP contribution in [0, 0.1) is 0 Å². The predicted octanol–water partition coefficient (Wildman–Crippen LogP) is 1.25. The molecule has 0 spiro atoms. The zero-order valence-corrected chi connectivity index (χ0v) is 7.40. The number of nitrogen functional groups attached to an aromatic ring is 2. The lowest BCUT2D eigenvalue weighted by atomic mass is 10.1. The molecule has 3 nitrogen and oxygen atoms in total. The fraction of sp³-hybridized carbons (Fsp3) is 0.200. The third kappa shape index (κ3) is 2.80. The molecule has 3 heteroatoms. The monoisotopic (exact) mass is 178 g/mol. The summed E-state index contributed by atoms with van der Waals surface area (Å²) < 4.78 is 0. The molecule has 0 aliphatic carbocycles. The molecular weight excluding hydrogens is 164 g/mol. The fourth-order valence-electron chi connectivity index (χ4n) is 0.991. The molecule has 0 aliphatic rings. The topological polar surface area (TPSA) is 72.3 Å². The minimum Gasteiger partial charge on any atom is -0.397 e. The first-order valence-corrected chi connectivity index (χ1v) is 4.16. The summed E-state index contributed by atoms with van der Waals surface area (Å²) >= 11 is 0. The van der Waals surface area contributed by atoms with Crippen molar-refractivity contribution in [3.8, 4) is 0 Å². The SMILES string of the molecule is Nc1ccc(C=CCCO)cc1N. The lowest BCUT2D eigenvalue weighted by Gasteiger charge is -2.00. The molecule has 0 unspecified atom stereocenters. The number of hydrogen-bond donors (Lipinski definition) is 3. The van der Waals surface area contributed by atoms with E-state index >= 15 is 0 Å². The number of benzene rings is 1. The van der Waals surface area contributed by atoms with Crippen LogP contribution in [0.3, 0.4) is 0 Å². The van der Waals surface area contributed by atoms with E-state index < -0.39 is 0 Å². The van der Waals surface area contributed by atoms with Gasteiger partial charge in [-0.15, -0.1) is 0 Å². The summed E-state index contributed by atoms with van der Waals surface area (Å²) in [5, 5.41) is 8.55. The first-order chi connectivity index (χ1) is 6.24. The van der Waals surface area contributed by atoms with Gasteiger partial charge in [0.25, 0.3) is 0 Å². The van der Waals surface area contributed by atoms with Crippen LogP contribution in [0.1, 0.15) is 12.0 Å². The van der Waals surface area contributed by atoms with Crippen LogP contribution in [0.25, 0.3) is 6.08 Å². The molecule has 0 atom stereocenters. The second-order valence-electron chi connectivity index (χ2n) is 2.80. The lowest BCUT2D eigenvalue weighted by Crippen LogP contribution is -1.93. The lowest BCUT2D eigenvalue weighted by molar-refractivity contribution is 0.303. The third-order valence-electron chi connectivity index (χ3n) is 1.72. The van der Waals surface area contributed by atoms with E-state index in [4.69, 9.17) is 16.6 Å². The van der Waals surface area contributed by atoms with Gasteiger partial charge in [0.1, 0.15) is 0 Å². The minimum absolute atomic E-state index is 0.168. The van der Waals surface area contributed by atoms with Gasteiger partial charge in [-0.3, -0.25) is 0 Å². The van der Waals surface area contributed by atoms with E-state index in [0.29, 0.717) is 17.8 Å². The van der Waals surface area contributed by atoms with Gasteiger partial charge >= 0.3 is 0 Å². The largest absolute Gasteiger partial charge is 0.397 e. The normalized spacial score (nSPS) is 10.8. The molecule has 1 aromatic carbocycles. The Hall–Kier alpha value is -1.48. The maximum atomic E-state index is 8.55. The van der Waals surface area contributed by atoms with Gasteiger partial charge in [0.05, 0.1) is 11.4 Å². The molecule has 70 valence electrons. The molecule has 0 amide bonds. The van der Waals surface area contributed by atoms with Crippen LogP contribution < -0.4 is 11.5 Å². The van der Waals surface area contributed by atoms with Crippen LogP contribution in [0.15, 0.2) is 24.3 Å². The first kappa shape index (κ1) is 9.61. The van der Waals surface area contributed by atoms with Crippen LogP contribution in [0.5, 0.6) is 0 Å². The van der Waals surface area contributed by atoms with E-state index in [1.165, 1.54) is 0 Å². The van der Waals surface area contributed by atoms with Gasteiger partial charge in [-0.2, -0.15) is 0 Å². The Morgan fingerprint density at radius 1 is 1.23 bits per heavy atom. The highest BCUT2D eigenvalue weighted by Crippen LogP contribution is 2.16. The Kier molecular flexibility index (Phi) is 3.34. The van der Waals surface area contributed by atoms with Crippen molar-refractivity contribution < 1.29 is 5.11 Å². The summed E-state index contributed by atoms with van der Waals surface area (Å²) in [6.45, 7) is 0.168. The molecule has 1 aromatic rings. The quantitative estimate of drug-likeness (QED) is 0.610. The van der Waals surface area contributed by atoms with Crippen molar-refractivity contribution in [1.82, 2.24) is 0 Å². The van der Waals surface area contributed by atoms with Gasteiger partial charge in [0.15, 0.2) is 0 Å². The number of aliphatic hydroxyl groups is 1. The zero-order valence-electron chi connectivity index (χ0n) is 7.40. The number of anilines is 2. The van der Waals surface area contributed by atoms with E-state index in [1.807, 2.05) is 24.3 Å². The summed E-state index contributed by atoms with van der Waals surface area (Å²) in [5.41, 5.74) is 13.4. The zero-order chi connectivity index (χ0) is 9.68. The molecule has 0 saturated heterocycles. The van der Waals surface area contributed by atoms with Gasteiger partial charge in [-0.25, -0.2) is 0 Å². The van der Waals surface area contributed by atoms with E-state index in [-0.39, 0.29) is 6.61 Å².